The Morgan fingerprint density at radius 3 is 0.708 bits per heavy atom. The molecule has 5 atom stereocenters. The molecule has 0 spiro atoms. The van der Waals surface area contributed by atoms with Gasteiger partial charge in [-0.2, -0.15) is 0 Å². The van der Waals surface area contributed by atoms with E-state index in [1.807, 2.05) is 0 Å². The Hall–Kier alpha value is -1.94. The Labute approximate surface area is 588 Å². The molecule has 0 aromatic heterocycles. The zero-order valence-electron chi connectivity index (χ0n) is 62.7. The number of phosphoric ester groups is 2. The largest absolute Gasteiger partial charge is 0.472 e. The maximum atomic E-state index is 13.1. The molecular weight excluding hydrogens is 1260 g/mol. The van der Waals surface area contributed by atoms with Crippen molar-refractivity contribution in [3.8, 4) is 0 Å². The average Bonchev–Trinajstić information content (AvgIpc) is 1.61. The molecule has 0 aliphatic carbocycles. The summed E-state index contributed by atoms with van der Waals surface area (Å²) >= 11 is 0. The first-order valence-electron chi connectivity index (χ1n) is 40.0. The minimum Gasteiger partial charge on any atom is -0.462 e. The second-order valence-electron chi connectivity index (χ2n) is 28.7. The lowest BCUT2D eigenvalue weighted by Gasteiger charge is -2.21. The smallest absolute Gasteiger partial charge is 0.462 e. The van der Waals surface area contributed by atoms with Crippen LogP contribution in [0.5, 0.6) is 0 Å². The molecule has 0 aliphatic heterocycles. The lowest BCUT2D eigenvalue weighted by atomic mass is 10.0. The molecule has 2 unspecified atom stereocenters. The molecule has 19 heteroatoms. The third kappa shape index (κ3) is 70.5. The Kier molecular flexibility index (Phi) is 67.4. The van der Waals surface area contributed by atoms with Crippen LogP contribution < -0.4 is 0 Å². The van der Waals surface area contributed by atoms with E-state index in [4.69, 9.17) is 37.0 Å². The summed E-state index contributed by atoms with van der Waals surface area (Å²) in [6.45, 7) is 9.63. The number of aliphatic hydroxyl groups excluding tert-OH is 1. The average molecular weight is 1410 g/mol. The Bertz CT molecular complexity index is 1860. The van der Waals surface area contributed by atoms with E-state index < -0.39 is 97.5 Å². The fourth-order valence-electron chi connectivity index (χ4n) is 11.8. The maximum absolute atomic E-state index is 13.1. The van der Waals surface area contributed by atoms with E-state index >= 15 is 0 Å². The van der Waals surface area contributed by atoms with Gasteiger partial charge < -0.3 is 33.8 Å². The van der Waals surface area contributed by atoms with E-state index in [0.717, 1.165) is 102 Å². The summed E-state index contributed by atoms with van der Waals surface area (Å²) in [5.74, 6) is -0.553. The van der Waals surface area contributed by atoms with Crippen molar-refractivity contribution in [3.63, 3.8) is 0 Å². The van der Waals surface area contributed by atoms with Crippen LogP contribution in [0.4, 0.5) is 0 Å². The van der Waals surface area contributed by atoms with E-state index in [0.29, 0.717) is 25.7 Å². The third-order valence-electron chi connectivity index (χ3n) is 18.0. The second-order valence-corrected chi connectivity index (χ2v) is 31.6. The third-order valence-corrected chi connectivity index (χ3v) is 19.9. The van der Waals surface area contributed by atoms with Gasteiger partial charge in [0, 0.05) is 25.7 Å². The molecule has 0 amide bonds. The summed E-state index contributed by atoms with van der Waals surface area (Å²) < 4.78 is 68.6. The van der Waals surface area contributed by atoms with Crippen molar-refractivity contribution >= 4 is 39.5 Å². The standard InChI is InChI=1S/C77H150O17P2/c1-7-9-11-13-15-17-19-20-21-22-31-37-43-49-55-61-76(81)93-72(65-87-74(79)59-53-47-41-35-27-18-16-14-12-10-8-2)67-91-95(83,84)89-63-71(78)64-90-96(85,86)92-68-73(94-77(82)62-56-50-44-38-32-26-24-29-34-40-46-52-58-70(5)6)66-88-75(80)60-54-48-42-36-30-25-23-28-33-39-45-51-57-69(3)4/h69-73,78H,7-68H2,1-6H3,(H,83,84)(H,85,86)/t71-,72+,73+/m0/s1. The van der Waals surface area contributed by atoms with Gasteiger partial charge >= 0.3 is 39.5 Å². The molecule has 0 radical (unpaired) electrons. The summed E-state index contributed by atoms with van der Waals surface area (Å²) in [4.78, 5) is 72.9. The normalized spacial score (nSPS) is 14.0. The van der Waals surface area contributed by atoms with Crippen molar-refractivity contribution in [2.75, 3.05) is 39.6 Å². The van der Waals surface area contributed by atoms with Crippen LogP contribution in [0.3, 0.4) is 0 Å². The topological polar surface area (TPSA) is 237 Å². The predicted octanol–water partition coefficient (Wildman–Crippen LogP) is 22.7. The minimum absolute atomic E-state index is 0.107. The van der Waals surface area contributed by atoms with Gasteiger partial charge in [0.05, 0.1) is 26.4 Å². The van der Waals surface area contributed by atoms with Gasteiger partial charge in [0.15, 0.2) is 12.2 Å². The number of carbonyl (C=O) groups excluding carboxylic acids is 4. The van der Waals surface area contributed by atoms with E-state index in [2.05, 4.69) is 41.5 Å². The number of ether oxygens (including phenoxy) is 4. The van der Waals surface area contributed by atoms with Crippen LogP contribution in [0.25, 0.3) is 0 Å². The van der Waals surface area contributed by atoms with Crippen LogP contribution in [-0.2, 0) is 65.4 Å². The van der Waals surface area contributed by atoms with Gasteiger partial charge in [-0.1, -0.05) is 350 Å². The van der Waals surface area contributed by atoms with Crippen LogP contribution in [0.2, 0.25) is 0 Å². The van der Waals surface area contributed by atoms with Gasteiger partial charge in [-0.05, 0) is 37.5 Å². The predicted molar refractivity (Wildman–Crippen MR) is 391 cm³/mol. The highest BCUT2D eigenvalue weighted by Gasteiger charge is 2.30. The lowest BCUT2D eigenvalue weighted by Crippen LogP contribution is -2.30. The monoisotopic (exact) mass is 1410 g/mol. The number of carbonyl (C=O) groups is 4. The van der Waals surface area contributed by atoms with E-state index in [9.17, 15) is 43.2 Å². The van der Waals surface area contributed by atoms with Crippen molar-refractivity contribution in [2.45, 2.75) is 419 Å². The van der Waals surface area contributed by atoms with Crippen molar-refractivity contribution < 1.29 is 80.2 Å². The second kappa shape index (κ2) is 68.8. The molecule has 570 valence electrons. The van der Waals surface area contributed by atoms with Gasteiger partial charge in [0.1, 0.15) is 19.3 Å². The Balaban J connectivity index is 5.26. The minimum atomic E-state index is -4.96. The molecule has 0 saturated heterocycles. The summed E-state index contributed by atoms with van der Waals surface area (Å²) in [6, 6.07) is 0. The first-order valence-corrected chi connectivity index (χ1v) is 43.0. The molecule has 0 bridgehead atoms. The van der Waals surface area contributed by atoms with Gasteiger partial charge in [0.2, 0.25) is 0 Å². The van der Waals surface area contributed by atoms with Crippen LogP contribution in [-0.4, -0.2) is 96.7 Å². The van der Waals surface area contributed by atoms with E-state index in [-0.39, 0.29) is 25.7 Å². The van der Waals surface area contributed by atoms with Gasteiger partial charge in [-0.3, -0.25) is 37.3 Å². The Morgan fingerprint density at radius 2 is 0.479 bits per heavy atom. The Morgan fingerprint density at radius 1 is 0.281 bits per heavy atom. The van der Waals surface area contributed by atoms with Crippen molar-refractivity contribution in [3.05, 3.63) is 0 Å². The zero-order valence-corrected chi connectivity index (χ0v) is 64.5. The number of hydrogen-bond acceptors (Lipinski definition) is 15. The van der Waals surface area contributed by atoms with Crippen LogP contribution in [0, 0.1) is 11.8 Å². The molecule has 0 aromatic rings. The van der Waals surface area contributed by atoms with Gasteiger partial charge in [-0.15, -0.1) is 0 Å². The number of esters is 4. The lowest BCUT2D eigenvalue weighted by molar-refractivity contribution is -0.161. The summed E-state index contributed by atoms with van der Waals surface area (Å²) in [6.07, 6.45) is 56.7. The summed E-state index contributed by atoms with van der Waals surface area (Å²) in [5, 5.41) is 10.6. The number of hydrogen-bond donors (Lipinski definition) is 3. The quantitative estimate of drug-likeness (QED) is 0.0222. The molecule has 0 fully saturated rings. The maximum Gasteiger partial charge on any atom is 0.472 e. The zero-order chi connectivity index (χ0) is 70.7. The van der Waals surface area contributed by atoms with Gasteiger partial charge in [0.25, 0.3) is 0 Å². The highest BCUT2D eigenvalue weighted by atomic mass is 31.2. The number of phosphoric acid groups is 2. The molecule has 0 saturated carbocycles. The summed E-state index contributed by atoms with van der Waals surface area (Å²) in [5.41, 5.74) is 0. The molecule has 3 N–H and O–H groups in total. The molecular formula is C77H150O17P2. The molecule has 96 heavy (non-hydrogen) atoms. The van der Waals surface area contributed by atoms with Crippen LogP contribution in [0.15, 0.2) is 0 Å². The fraction of sp³-hybridized carbons (Fsp3) is 0.948. The van der Waals surface area contributed by atoms with E-state index in [1.165, 1.54) is 218 Å². The fourth-order valence-corrected chi connectivity index (χ4v) is 13.4. The number of rotatable bonds is 76. The molecule has 17 nitrogen and oxygen atoms in total. The van der Waals surface area contributed by atoms with Crippen molar-refractivity contribution in [1.82, 2.24) is 0 Å². The van der Waals surface area contributed by atoms with E-state index in [1.54, 1.807) is 0 Å². The van der Waals surface area contributed by atoms with Crippen molar-refractivity contribution in [2.24, 2.45) is 11.8 Å². The highest BCUT2D eigenvalue weighted by Crippen LogP contribution is 2.45. The highest BCUT2D eigenvalue weighted by molar-refractivity contribution is 7.47. The van der Waals surface area contributed by atoms with Gasteiger partial charge in [-0.25, -0.2) is 9.13 Å². The molecule has 0 heterocycles. The summed E-state index contributed by atoms with van der Waals surface area (Å²) in [7, 11) is -9.91. The van der Waals surface area contributed by atoms with Crippen LogP contribution in [0.1, 0.15) is 401 Å². The van der Waals surface area contributed by atoms with Crippen molar-refractivity contribution in [1.29, 1.82) is 0 Å². The SMILES string of the molecule is CCCCCCCCCCCCCCCCCC(=O)O[C@H](COC(=O)CCCCCCCCCCCCC)COP(=O)(O)OC[C@H](O)COP(=O)(O)OC[C@@H](COC(=O)CCCCCCCCCCCCCCC(C)C)OC(=O)CCCCCCCCCCCCCCC(C)C. The van der Waals surface area contributed by atoms with Crippen LogP contribution >= 0.6 is 15.6 Å². The molecule has 0 rings (SSSR count). The number of aliphatic hydroxyl groups is 1. The first kappa shape index (κ1) is 94.1. The molecule has 0 aliphatic rings. The first-order chi connectivity index (χ1) is 46.4. The number of unbranched alkanes of at least 4 members (excludes halogenated alkanes) is 46. The molecule has 0 aromatic carbocycles.